The van der Waals surface area contributed by atoms with Crippen molar-refractivity contribution in [2.75, 3.05) is 13.1 Å². The van der Waals surface area contributed by atoms with Crippen LogP contribution in [0.2, 0.25) is 0 Å². The van der Waals surface area contributed by atoms with Gasteiger partial charge < -0.3 is 14.7 Å². The fourth-order valence-corrected chi connectivity index (χ4v) is 1.63. The lowest BCUT2D eigenvalue weighted by molar-refractivity contribution is -0.0506. The van der Waals surface area contributed by atoms with E-state index < -0.39 is 18.6 Å². The van der Waals surface area contributed by atoms with Gasteiger partial charge in [-0.05, 0) is 12.1 Å². The molecule has 1 N–H and O–H groups in total. The molecule has 4 nitrogen and oxygen atoms in total. The minimum Gasteiger partial charge on any atom is -0.434 e. The third-order valence-electron chi connectivity index (χ3n) is 2.48. The summed E-state index contributed by atoms with van der Waals surface area (Å²) >= 11 is 0. The van der Waals surface area contributed by atoms with Gasteiger partial charge in [0.15, 0.2) is 0 Å². The van der Waals surface area contributed by atoms with E-state index in [1.54, 1.807) is 6.07 Å². The number of aliphatic hydroxyl groups excluding tert-OH is 1. The van der Waals surface area contributed by atoms with Gasteiger partial charge in [0.25, 0.3) is 5.91 Å². The average molecular weight is 243 g/mol. The van der Waals surface area contributed by atoms with Gasteiger partial charge in [0.1, 0.15) is 5.75 Å². The summed E-state index contributed by atoms with van der Waals surface area (Å²) < 4.78 is 28.5. The third kappa shape index (κ3) is 2.52. The minimum atomic E-state index is -2.97. The Balaban J connectivity index is 2.16. The Morgan fingerprint density at radius 1 is 1.41 bits per heavy atom. The maximum Gasteiger partial charge on any atom is 0.387 e. The smallest absolute Gasteiger partial charge is 0.387 e. The molecule has 1 aliphatic heterocycles. The molecule has 1 amide bonds. The van der Waals surface area contributed by atoms with Crippen LogP contribution in [-0.2, 0) is 0 Å². The molecule has 0 spiro atoms. The molecule has 1 saturated heterocycles. The lowest BCUT2D eigenvalue weighted by Gasteiger charge is -2.36. The number of rotatable bonds is 3. The monoisotopic (exact) mass is 243 g/mol. The summed E-state index contributed by atoms with van der Waals surface area (Å²) in [5.41, 5.74) is 0.0831. The zero-order valence-electron chi connectivity index (χ0n) is 8.85. The highest BCUT2D eigenvalue weighted by Crippen LogP contribution is 2.23. The topological polar surface area (TPSA) is 49.8 Å². The molecular weight excluding hydrogens is 232 g/mol. The molecule has 0 saturated carbocycles. The Bertz CT molecular complexity index is 419. The fraction of sp³-hybridized carbons (Fsp3) is 0.364. The molecule has 17 heavy (non-hydrogen) atoms. The summed E-state index contributed by atoms with van der Waals surface area (Å²) in [4.78, 5) is 13.2. The van der Waals surface area contributed by atoms with Crippen molar-refractivity contribution in [3.05, 3.63) is 29.8 Å². The zero-order valence-corrected chi connectivity index (χ0v) is 8.85. The molecule has 0 aliphatic carbocycles. The predicted octanol–water partition coefficient (Wildman–Crippen LogP) is 1.10. The molecule has 92 valence electrons. The summed E-state index contributed by atoms with van der Waals surface area (Å²) in [6.45, 7) is -2.52. The van der Waals surface area contributed by atoms with Gasteiger partial charge in [-0.3, -0.25) is 4.79 Å². The van der Waals surface area contributed by atoms with Crippen LogP contribution in [0.4, 0.5) is 8.78 Å². The summed E-state index contributed by atoms with van der Waals surface area (Å²) in [5, 5.41) is 9.08. The number of hydrogen-bond donors (Lipinski definition) is 1. The molecule has 0 radical (unpaired) electrons. The van der Waals surface area contributed by atoms with Crippen molar-refractivity contribution >= 4 is 5.91 Å². The van der Waals surface area contributed by atoms with Crippen molar-refractivity contribution < 1.29 is 23.4 Å². The van der Waals surface area contributed by atoms with Crippen LogP contribution in [0.25, 0.3) is 0 Å². The number of benzene rings is 1. The van der Waals surface area contributed by atoms with Gasteiger partial charge in [-0.15, -0.1) is 0 Å². The van der Waals surface area contributed by atoms with Crippen LogP contribution >= 0.6 is 0 Å². The molecule has 2 rings (SSSR count). The van der Waals surface area contributed by atoms with Crippen molar-refractivity contribution in [3.63, 3.8) is 0 Å². The standard InChI is InChI=1S/C11H11F2NO3/c12-11(13)17-9-4-2-1-3-8(9)10(16)14-5-7(15)6-14/h1-4,7,11,15H,5-6H2. The Labute approximate surface area is 96.4 Å². The van der Waals surface area contributed by atoms with E-state index in [2.05, 4.69) is 4.74 Å². The number of amides is 1. The summed E-state index contributed by atoms with van der Waals surface area (Å²) in [6, 6.07) is 5.82. The van der Waals surface area contributed by atoms with Crippen LogP contribution in [0.1, 0.15) is 10.4 Å². The lowest BCUT2D eigenvalue weighted by atomic mass is 10.1. The van der Waals surface area contributed by atoms with Crippen LogP contribution in [-0.4, -0.2) is 41.7 Å². The lowest BCUT2D eigenvalue weighted by Crippen LogP contribution is -2.53. The third-order valence-corrected chi connectivity index (χ3v) is 2.48. The van der Waals surface area contributed by atoms with Crippen LogP contribution in [0.5, 0.6) is 5.75 Å². The van der Waals surface area contributed by atoms with E-state index in [1.165, 1.54) is 23.1 Å². The van der Waals surface area contributed by atoms with Gasteiger partial charge >= 0.3 is 6.61 Å². The summed E-state index contributed by atoms with van der Waals surface area (Å²) in [7, 11) is 0. The first kappa shape index (κ1) is 11.8. The van der Waals surface area contributed by atoms with Gasteiger partial charge in [0, 0.05) is 13.1 Å². The fourth-order valence-electron chi connectivity index (χ4n) is 1.63. The van der Waals surface area contributed by atoms with E-state index >= 15 is 0 Å². The van der Waals surface area contributed by atoms with Crippen molar-refractivity contribution in [1.29, 1.82) is 0 Å². The van der Waals surface area contributed by atoms with E-state index in [1.807, 2.05) is 0 Å². The van der Waals surface area contributed by atoms with Gasteiger partial charge in [0.05, 0.1) is 11.7 Å². The number of hydrogen-bond acceptors (Lipinski definition) is 3. The number of aliphatic hydroxyl groups is 1. The SMILES string of the molecule is O=C(c1ccccc1OC(F)F)N1CC(O)C1. The summed E-state index contributed by atoms with van der Waals surface area (Å²) in [6.07, 6.45) is -0.526. The number of β-amino-alcohol motifs (C(OH)–C–C–N with tert-alkyl or cyclic N) is 1. The van der Waals surface area contributed by atoms with E-state index in [4.69, 9.17) is 5.11 Å². The number of carbonyl (C=O) groups is 1. The number of para-hydroxylation sites is 1. The number of halogens is 2. The highest BCUT2D eigenvalue weighted by molar-refractivity contribution is 5.97. The maximum absolute atomic E-state index is 12.1. The second-order valence-corrected chi connectivity index (χ2v) is 3.74. The first-order valence-electron chi connectivity index (χ1n) is 5.09. The molecule has 0 bridgehead atoms. The Morgan fingerprint density at radius 2 is 2.06 bits per heavy atom. The number of likely N-dealkylation sites (tertiary alicyclic amines) is 1. The molecule has 1 aromatic rings. The first-order valence-corrected chi connectivity index (χ1v) is 5.09. The molecule has 6 heteroatoms. The second-order valence-electron chi connectivity index (χ2n) is 3.74. The highest BCUT2D eigenvalue weighted by Gasteiger charge is 2.31. The van der Waals surface area contributed by atoms with E-state index in [-0.39, 0.29) is 24.4 Å². The van der Waals surface area contributed by atoms with Crippen LogP contribution in [0.15, 0.2) is 24.3 Å². The van der Waals surface area contributed by atoms with Crippen LogP contribution in [0.3, 0.4) is 0 Å². The largest absolute Gasteiger partial charge is 0.434 e. The number of carbonyl (C=O) groups excluding carboxylic acids is 1. The van der Waals surface area contributed by atoms with Crippen molar-refractivity contribution in [3.8, 4) is 5.75 Å². The Kier molecular flexibility index (Phi) is 3.23. The number of ether oxygens (including phenoxy) is 1. The summed E-state index contributed by atoms with van der Waals surface area (Å²) in [5.74, 6) is -0.555. The molecule has 0 aromatic heterocycles. The van der Waals surface area contributed by atoms with E-state index in [9.17, 15) is 13.6 Å². The van der Waals surface area contributed by atoms with Crippen LogP contribution in [0, 0.1) is 0 Å². The van der Waals surface area contributed by atoms with Crippen molar-refractivity contribution in [2.45, 2.75) is 12.7 Å². The van der Waals surface area contributed by atoms with Crippen LogP contribution < -0.4 is 4.74 Å². The van der Waals surface area contributed by atoms with E-state index in [0.717, 1.165) is 0 Å². The number of alkyl halides is 2. The molecule has 1 aromatic carbocycles. The number of nitrogens with zero attached hydrogens (tertiary/aromatic N) is 1. The average Bonchev–Trinajstić information content (AvgIpc) is 2.24. The van der Waals surface area contributed by atoms with Gasteiger partial charge in [-0.25, -0.2) is 0 Å². The minimum absolute atomic E-state index is 0.0831. The zero-order chi connectivity index (χ0) is 12.4. The Morgan fingerprint density at radius 3 is 2.65 bits per heavy atom. The normalized spacial score (nSPS) is 15.9. The molecular formula is C11H11F2NO3. The maximum atomic E-state index is 12.1. The molecule has 0 unspecified atom stereocenters. The van der Waals surface area contributed by atoms with Gasteiger partial charge in [-0.1, -0.05) is 12.1 Å². The van der Waals surface area contributed by atoms with E-state index in [0.29, 0.717) is 0 Å². The molecule has 1 aliphatic rings. The quantitative estimate of drug-likeness (QED) is 0.865. The molecule has 0 atom stereocenters. The molecule has 1 heterocycles. The van der Waals surface area contributed by atoms with Gasteiger partial charge in [0.2, 0.25) is 0 Å². The predicted molar refractivity (Wildman–Crippen MR) is 55.0 cm³/mol. The highest BCUT2D eigenvalue weighted by atomic mass is 19.3. The molecule has 1 fully saturated rings. The van der Waals surface area contributed by atoms with Crippen molar-refractivity contribution in [2.24, 2.45) is 0 Å². The Hall–Kier alpha value is -1.69. The van der Waals surface area contributed by atoms with Gasteiger partial charge in [-0.2, -0.15) is 8.78 Å². The second kappa shape index (κ2) is 4.67. The first-order chi connectivity index (χ1) is 8.08. The van der Waals surface area contributed by atoms with Crippen molar-refractivity contribution in [1.82, 2.24) is 4.90 Å².